The molecule has 0 bridgehead atoms. The standard InChI is InChI=1S/C19H20N4O3S/c1-4-23(13(3)24)19-21-15(12-27-19)10-14(11-20)18(25)22-16-8-6-7-9-17(16)26-5-2/h6-10,12H,4-5H2,1-3H3,(H,22,25)/b14-10-. The highest BCUT2D eigenvalue weighted by atomic mass is 32.1. The number of amides is 2. The van der Waals surface area contributed by atoms with Crippen LogP contribution in [0, 0.1) is 11.3 Å². The maximum Gasteiger partial charge on any atom is 0.266 e. The molecule has 0 radical (unpaired) electrons. The number of rotatable bonds is 7. The highest BCUT2D eigenvalue weighted by Crippen LogP contribution is 2.25. The van der Waals surface area contributed by atoms with Crippen LogP contribution in [-0.2, 0) is 9.59 Å². The lowest BCUT2D eigenvalue weighted by atomic mass is 10.2. The fourth-order valence-electron chi connectivity index (χ4n) is 2.30. The van der Waals surface area contributed by atoms with Gasteiger partial charge in [-0.05, 0) is 32.1 Å². The molecule has 0 unspecified atom stereocenters. The van der Waals surface area contributed by atoms with E-state index in [-0.39, 0.29) is 11.5 Å². The molecule has 1 aromatic carbocycles. The zero-order valence-electron chi connectivity index (χ0n) is 15.4. The van der Waals surface area contributed by atoms with Gasteiger partial charge in [0.05, 0.1) is 18.0 Å². The molecule has 0 fully saturated rings. The normalized spacial score (nSPS) is 10.8. The van der Waals surface area contributed by atoms with Crippen LogP contribution < -0.4 is 15.0 Å². The second-order valence-corrected chi connectivity index (χ2v) is 6.21. The van der Waals surface area contributed by atoms with Crippen molar-refractivity contribution in [3.05, 3.63) is 40.9 Å². The Morgan fingerprint density at radius 1 is 1.37 bits per heavy atom. The van der Waals surface area contributed by atoms with Gasteiger partial charge >= 0.3 is 0 Å². The van der Waals surface area contributed by atoms with Crippen LogP contribution in [0.3, 0.4) is 0 Å². The van der Waals surface area contributed by atoms with E-state index in [1.807, 2.05) is 19.9 Å². The van der Waals surface area contributed by atoms with Crippen molar-refractivity contribution in [2.75, 3.05) is 23.4 Å². The Kier molecular flexibility index (Phi) is 7.08. The van der Waals surface area contributed by atoms with E-state index in [1.165, 1.54) is 29.2 Å². The number of nitrogens with zero attached hydrogens (tertiary/aromatic N) is 3. The Labute approximate surface area is 161 Å². The molecule has 27 heavy (non-hydrogen) atoms. The van der Waals surface area contributed by atoms with Crippen LogP contribution in [-0.4, -0.2) is 29.9 Å². The van der Waals surface area contributed by atoms with Crippen LogP contribution in [0.25, 0.3) is 6.08 Å². The number of hydrogen-bond acceptors (Lipinski definition) is 6. The zero-order valence-corrected chi connectivity index (χ0v) is 16.2. The first-order chi connectivity index (χ1) is 13.0. The third-order valence-corrected chi connectivity index (χ3v) is 4.41. The molecule has 0 spiro atoms. The lowest BCUT2D eigenvalue weighted by Gasteiger charge is -2.14. The molecule has 2 rings (SSSR count). The number of nitrogens with one attached hydrogen (secondary N) is 1. The first kappa shape index (κ1) is 20.1. The Balaban J connectivity index is 2.22. The van der Waals surface area contributed by atoms with Crippen LogP contribution in [0.4, 0.5) is 10.8 Å². The van der Waals surface area contributed by atoms with Crippen molar-refractivity contribution in [1.29, 1.82) is 5.26 Å². The minimum Gasteiger partial charge on any atom is -0.492 e. The van der Waals surface area contributed by atoms with E-state index in [9.17, 15) is 14.9 Å². The maximum absolute atomic E-state index is 12.5. The second-order valence-electron chi connectivity index (χ2n) is 5.37. The number of benzene rings is 1. The van der Waals surface area contributed by atoms with Gasteiger partial charge in [-0.2, -0.15) is 5.26 Å². The summed E-state index contributed by atoms with van der Waals surface area (Å²) in [4.78, 5) is 29.9. The average molecular weight is 384 g/mol. The van der Waals surface area contributed by atoms with E-state index in [1.54, 1.807) is 29.6 Å². The summed E-state index contributed by atoms with van der Waals surface area (Å²) >= 11 is 1.28. The van der Waals surface area contributed by atoms with E-state index in [0.717, 1.165) is 0 Å². The van der Waals surface area contributed by atoms with Crippen molar-refractivity contribution in [1.82, 2.24) is 4.98 Å². The molecule has 8 heteroatoms. The van der Waals surface area contributed by atoms with Gasteiger partial charge < -0.3 is 10.1 Å². The van der Waals surface area contributed by atoms with Crippen LogP contribution >= 0.6 is 11.3 Å². The van der Waals surface area contributed by atoms with Crippen molar-refractivity contribution in [3.63, 3.8) is 0 Å². The van der Waals surface area contributed by atoms with Crippen molar-refractivity contribution in [2.24, 2.45) is 0 Å². The molecule has 1 heterocycles. The van der Waals surface area contributed by atoms with Gasteiger partial charge in [-0.15, -0.1) is 11.3 Å². The number of ether oxygens (including phenoxy) is 1. The van der Waals surface area contributed by atoms with E-state index in [2.05, 4.69) is 10.3 Å². The molecule has 0 saturated carbocycles. The molecule has 0 aliphatic heterocycles. The third kappa shape index (κ3) is 5.15. The molecule has 2 amide bonds. The molecule has 0 saturated heterocycles. The van der Waals surface area contributed by atoms with Crippen molar-refractivity contribution in [3.8, 4) is 11.8 Å². The van der Waals surface area contributed by atoms with Gasteiger partial charge in [0.25, 0.3) is 5.91 Å². The first-order valence-corrected chi connectivity index (χ1v) is 9.26. The fraction of sp³-hybridized carbons (Fsp3) is 0.263. The SMILES string of the molecule is CCOc1ccccc1NC(=O)/C(C#N)=C\c1csc(N(CC)C(C)=O)n1. The van der Waals surface area contributed by atoms with Crippen LogP contribution in [0.2, 0.25) is 0 Å². The molecule has 0 atom stereocenters. The van der Waals surface area contributed by atoms with E-state index >= 15 is 0 Å². The van der Waals surface area contributed by atoms with E-state index in [0.29, 0.717) is 35.4 Å². The topological polar surface area (TPSA) is 95.3 Å². The molecule has 7 nitrogen and oxygen atoms in total. The summed E-state index contributed by atoms with van der Waals surface area (Å²) in [6.45, 7) is 6.11. The van der Waals surface area contributed by atoms with E-state index < -0.39 is 5.91 Å². The largest absolute Gasteiger partial charge is 0.492 e. The molecule has 2 aromatic rings. The van der Waals surface area contributed by atoms with Gasteiger partial charge in [-0.25, -0.2) is 4.98 Å². The van der Waals surface area contributed by atoms with Gasteiger partial charge in [0.1, 0.15) is 17.4 Å². The monoisotopic (exact) mass is 384 g/mol. The molecule has 0 aliphatic rings. The number of carbonyl (C=O) groups excluding carboxylic acids is 2. The summed E-state index contributed by atoms with van der Waals surface area (Å²) in [6, 6.07) is 8.89. The molecule has 1 N–H and O–H groups in total. The quantitative estimate of drug-likeness (QED) is 0.583. The minimum atomic E-state index is -0.557. The van der Waals surface area contributed by atoms with Crippen LogP contribution in [0.5, 0.6) is 5.75 Å². The molecule has 140 valence electrons. The van der Waals surface area contributed by atoms with Gasteiger partial charge in [-0.1, -0.05) is 12.1 Å². The van der Waals surface area contributed by atoms with Crippen LogP contribution in [0.1, 0.15) is 26.5 Å². The number of anilines is 2. The van der Waals surface area contributed by atoms with Gasteiger partial charge in [0.15, 0.2) is 5.13 Å². The molecular formula is C19H20N4O3S. The third-order valence-electron chi connectivity index (χ3n) is 3.53. The Morgan fingerprint density at radius 2 is 2.11 bits per heavy atom. The van der Waals surface area contributed by atoms with Gasteiger partial charge in [-0.3, -0.25) is 14.5 Å². The predicted octanol–water partition coefficient (Wildman–Crippen LogP) is 3.46. The summed E-state index contributed by atoms with van der Waals surface area (Å²) in [5.41, 5.74) is 0.835. The molecule has 1 aromatic heterocycles. The fourth-order valence-corrected chi connectivity index (χ4v) is 3.19. The van der Waals surface area contributed by atoms with Crippen LogP contribution in [0.15, 0.2) is 35.2 Å². The van der Waals surface area contributed by atoms with Gasteiger partial charge in [0, 0.05) is 18.8 Å². The summed E-state index contributed by atoms with van der Waals surface area (Å²) in [6.07, 6.45) is 1.40. The lowest BCUT2D eigenvalue weighted by molar-refractivity contribution is -0.116. The van der Waals surface area contributed by atoms with Crippen molar-refractivity contribution >= 4 is 40.0 Å². The number of nitriles is 1. The average Bonchev–Trinajstić information content (AvgIpc) is 3.10. The predicted molar refractivity (Wildman–Crippen MR) is 106 cm³/mol. The van der Waals surface area contributed by atoms with Gasteiger partial charge in [0.2, 0.25) is 5.91 Å². The summed E-state index contributed by atoms with van der Waals surface area (Å²) in [5, 5.41) is 14.3. The smallest absolute Gasteiger partial charge is 0.266 e. The Hall–Kier alpha value is -3.18. The highest BCUT2D eigenvalue weighted by molar-refractivity contribution is 7.14. The lowest BCUT2D eigenvalue weighted by Crippen LogP contribution is -2.27. The number of para-hydroxylation sites is 2. The second kappa shape index (κ2) is 9.50. The minimum absolute atomic E-state index is 0.0935. The van der Waals surface area contributed by atoms with Crippen molar-refractivity contribution < 1.29 is 14.3 Å². The first-order valence-electron chi connectivity index (χ1n) is 8.38. The highest BCUT2D eigenvalue weighted by Gasteiger charge is 2.15. The summed E-state index contributed by atoms with van der Waals surface area (Å²) in [5.74, 6) is -0.145. The Morgan fingerprint density at radius 3 is 2.74 bits per heavy atom. The molecular weight excluding hydrogens is 364 g/mol. The number of aromatic nitrogens is 1. The van der Waals surface area contributed by atoms with E-state index in [4.69, 9.17) is 4.74 Å². The number of thiazole rings is 1. The number of hydrogen-bond donors (Lipinski definition) is 1. The summed E-state index contributed by atoms with van der Waals surface area (Å²) < 4.78 is 5.47. The number of carbonyl (C=O) groups is 2. The van der Waals surface area contributed by atoms with Crippen molar-refractivity contribution in [2.45, 2.75) is 20.8 Å². The maximum atomic E-state index is 12.5. The summed E-state index contributed by atoms with van der Waals surface area (Å²) in [7, 11) is 0. The Bertz CT molecular complexity index is 898. The molecule has 0 aliphatic carbocycles. The zero-order chi connectivity index (χ0) is 19.8.